The highest BCUT2D eigenvalue weighted by molar-refractivity contribution is 5.74. The highest BCUT2D eigenvalue weighted by Crippen LogP contribution is 2.00. The van der Waals surface area contributed by atoms with Crippen LogP contribution in [0, 0.1) is 0 Å². The molecule has 0 aliphatic carbocycles. The van der Waals surface area contributed by atoms with Crippen LogP contribution < -0.4 is 5.32 Å². The van der Waals surface area contributed by atoms with Crippen molar-refractivity contribution in [1.29, 1.82) is 0 Å². The number of nitrogens with zero attached hydrogens (tertiary/aromatic N) is 1. The summed E-state index contributed by atoms with van der Waals surface area (Å²) in [5.41, 5.74) is 0. The van der Waals surface area contributed by atoms with E-state index in [0.29, 0.717) is 26.3 Å². The number of nitrogens with one attached hydrogen (secondary N) is 1. The van der Waals surface area contributed by atoms with Gasteiger partial charge in [0.15, 0.2) is 0 Å². The van der Waals surface area contributed by atoms with Gasteiger partial charge >= 0.3 is 6.03 Å². The number of urea groups is 1. The zero-order chi connectivity index (χ0) is 10.6. The third-order valence-corrected chi connectivity index (χ3v) is 1.95. The fourth-order valence-corrected chi connectivity index (χ4v) is 1.32. The molecule has 14 heavy (non-hydrogen) atoms. The van der Waals surface area contributed by atoms with Crippen LogP contribution in [-0.4, -0.2) is 54.5 Å². The first-order valence-corrected chi connectivity index (χ1v) is 4.91. The van der Waals surface area contributed by atoms with Crippen molar-refractivity contribution < 1.29 is 14.6 Å². The second-order valence-corrected chi connectivity index (χ2v) is 3.78. The quantitative estimate of drug-likeness (QED) is 0.619. The molecule has 5 heteroatoms. The molecule has 1 atom stereocenters. The third kappa shape index (κ3) is 3.51. The van der Waals surface area contributed by atoms with Crippen molar-refractivity contribution in [2.45, 2.75) is 26.0 Å². The van der Waals surface area contributed by atoms with Gasteiger partial charge in [-0.1, -0.05) is 0 Å². The van der Waals surface area contributed by atoms with Gasteiger partial charge in [0.1, 0.15) is 0 Å². The molecule has 0 bridgehead atoms. The molecule has 1 saturated heterocycles. The molecule has 0 aromatic rings. The molecule has 1 aliphatic heterocycles. The largest absolute Gasteiger partial charge is 0.389 e. The topological polar surface area (TPSA) is 61.8 Å². The second kappa shape index (κ2) is 5.17. The number of hydrogen-bond acceptors (Lipinski definition) is 3. The van der Waals surface area contributed by atoms with E-state index in [1.807, 2.05) is 13.8 Å². The Hall–Kier alpha value is -0.810. The molecule has 1 fully saturated rings. The average Bonchev–Trinajstić information content (AvgIpc) is 2.28. The molecule has 1 unspecified atom stereocenters. The van der Waals surface area contributed by atoms with Crippen molar-refractivity contribution in [2.75, 3.05) is 26.3 Å². The summed E-state index contributed by atoms with van der Waals surface area (Å²) in [5.74, 6) is 0. The minimum Gasteiger partial charge on any atom is -0.389 e. The van der Waals surface area contributed by atoms with Crippen molar-refractivity contribution in [3.05, 3.63) is 0 Å². The molecule has 0 spiro atoms. The van der Waals surface area contributed by atoms with Crippen LogP contribution in [0.1, 0.15) is 13.8 Å². The number of hydrogen-bond donors (Lipinski definition) is 2. The van der Waals surface area contributed by atoms with Crippen LogP contribution >= 0.6 is 0 Å². The molecule has 1 heterocycles. The number of rotatable bonds is 1. The van der Waals surface area contributed by atoms with Crippen molar-refractivity contribution >= 4 is 6.03 Å². The maximum absolute atomic E-state index is 11.6. The zero-order valence-corrected chi connectivity index (χ0v) is 8.69. The Morgan fingerprint density at radius 2 is 2.36 bits per heavy atom. The molecule has 2 N–H and O–H groups in total. The fourth-order valence-electron chi connectivity index (χ4n) is 1.32. The number of β-amino-alcohol motifs (C(OH)–C–C–N with tert-alkyl or cyclic N) is 1. The standard InChI is InChI=1S/C9H18N2O3/c1-7(2)10-9(13)11-3-4-14-6-8(12)5-11/h7-8,12H,3-6H2,1-2H3,(H,10,13). The molecular formula is C9H18N2O3. The van der Waals surface area contributed by atoms with Crippen molar-refractivity contribution in [2.24, 2.45) is 0 Å². The van der Waals surface area contributed by atoms with Gasteiger partial charge in [0, 0.05) is 12.6 Å². The zero-order valence-electron chi connectivity index (χ0n) is 8.69. The Balaban J connectivity index is 2.44. The predicted octanol–water partition coefficient (Wildman–Crippen LogP) is -0.203. The Labute approximate surface area is 84.0 Å². The van der Waals surface area contributed by atoms with E-state index in [2.05, 4.69) is 5.32 Å². The third-order valence-electron chi connectivity index (χ3n) is 1.95. The smallest absolute Gasteiger partial charge is 0.317 e. The normalized spacial score (nSPS) is 23.4. The van der Waals surface area contributed by atoms with Gasteiger partial charge in [-0.05, 0) is 13.8 Å². The van der Waals surface area contributed by atoms with Crippen LogP contribution in [0.3, 0.4) is 0 Å². The van der Waals surface area contributed by atoms with E-state index < -0.39 is 6.10 Å². The van der Waals surface area contributed by atoms with Crippen LogP contribution in [0.4, 0.5) is 4.79 Å². The van der Waals surface area contributed by atoms with E-state index in [1.165, 1.54) is 0 Å². The lowest BCUT2D eigenvalue weighted by molar-refractivity contribution is 0.0573. The Bertz CT molecular complexity index is 196. The minimum absolute atomic E-state index is 0.115. The van der Waals surface area contributed by atoms with Crippen molar-refractivity contribution in [3.8, 4) is 0 Å². The highest BCUT2D eigenvalue weighted by Gasteiger charge is 2.20. The molecule has 0 aromatic heterocycles. The fraction of sp³-hybridized carbons (Fsp3) is 0.889. The lowest BCUT2D eigenvalue weighted by Crippen LogP contribution is -2.46. The molecular weight excluding hydrogens is 184 g/mol. The van der Waals surface area contributed by atoms with Gasteiger partial charge in [0.25, 0.3) is 0 Å². The van der Waals surface area contributed by atoms with Gasteiger partial charge in [-0.3, -0.25) is 0 Å². The minimum atomic E-state index is -0.574. The lowest BCUT2D eigenvalue weighted by atomic mass is 10.3. The van der Waals surface area contributed by atoms with E-state index in [4.69, 9.17) is 4.74 Å². The Morgan fingerprint density at radius 3 is 3.00 bits per heavy atom. The van der Waals surface area contributed by atoms with E-state index in [0.717, 1.165) is 0 Å². The van der Waals surface area contributed by atoms with Crippen molar-refractivity contribution in [1.82, 2.24) is 10.2 Å². The van der Waals surface area contributed by atoms with Crippen LogP contribution in [0.25, 0.3) is 0 Å². The summed E-state index contributed by atoms with van der Waals surface area (Å²) < 4.78 is 5.12. The summed E-state index contributed by atoms with van der Waals surface area (Å²) in [4.78, 5) is 13.1. The summed E-state index contributed by atoms with van der Waals surface area (Å²) in [6.45, 7) is 5.49. The second-order valence-electron chi connectivity index (χ2n) is 3.78. The van der Waals surface area contributed by atoms with Gasteiger partial charge in [-0.25, -0.2) is 4.79 Å². The van der Waals surface area contributed by atoms with Crippen LogP contribution in [0.15, 0.2) is 0 Å². The predicted molar refractivity (Wildman–Crippen MR) is 52.1 cm³/mol. The molecule has 2 amide bonds. The van der Waals surface area contributed by atoms with Gasteiger partial charge in [0.05, 0.1) is 25.9 Å². The van der Waals surface area contributed by atoms with Crippen LogP contribution in [-0.2, 0) is 4.74 Å². The van der Waals surface area contributed by atoms with E-state index >= 15 is 0 Å². The Kier molecular flexibility index (Phi) is 4.16. The number of aliphatic hydroxyl groups is 1. The van der Waals surface area contributed by atoms with Gasteiger partial charge < -0.3 is 20.1 Å². The molecule has 82 valence electrons. The van der Waals surface area contributed by atoms with E-state index in [9.17, 15) is 9.90 Å². The Morgan fingerprint density at radius 1 is 1.64 bits per heavy atom. The molecule has 0 radical (unpaired) electrons. The maximum atomic E-state index is 11.6. The van der Waals surface area contributed by atoms with Gasteiger partial charge in [-0.15, -0.1) is 0 Å². The molecule has 0 saturated carbocycles. The average molecular weight is 202 g/mol. The van der Waals surface area contributed by atoms with Crippen LogP contribution in [0.2, 0.25) is 0 Å². The summed E-state index contributed by atoms with van der Waals surface area (Å²) in [5, 5.41) is 12.2. The highest BCUT2D eigenvalue weighted by atomic mass is 16.5. The molecule has 0 aromatic carbocycles. The summed E-state index contributed by atoms with van der Waals surface area (Å²) in [6.07, 6.45) is -0.574. The van der Waals surface area contributed by atoms with Gasteiger partial charge in [-0.2, -0.15) is 0 Å². The number of aliphatic hydroxyl groups excluding tert-OH is 1. The van der Waals surface area contributed by atoms with E-state index in [1.54, 1.807) is 4.90 Å². The van der Waals surface area contributed by atoms with Gasteiger partial charge in [0.2, 0.25) is 0 Å². The first-order chi connectivity index (χ1) is 6.59. The number of amides is 2. The maximum Gasteiger partial charge on any atom is 0.317 e. The van der Waals surface area contributed by atoms with Crippen LogP contribution in [0.5, 0.6) is 0 Å². The molecule has 5 nitrogen and oxygen atoms in total. The summed E-state index contributed by atoms with van der Waals surface area (Å²) in [6, 6.07) is -0.0200. The monoisotopic (exact) mass is 202 g/mol. The lowest BCUT2D eigenvalue weighted by Gasteiger charge is -2.22. The number of ether oxygens (including phenoxy) is 1. The number of carbonyl (C=O) groups is 1. The molecule has 1 aliphatic rings. The summed E-state index contributed by atoms with van der Waals surface area (Å²) >= 11 is 0. The van der Waals surface area contributed by atoms with Crippen molar-refractivity contribution in [3.63, 3.8) is 0 Å². The first kappa shape index (κ1) is 11.3. The SMILES string of the molecule is CC(C)NC(=O)N1CCOCC(O)C1. The number of carbonyl (C=O) groups excluding carboxylic acids is 1. The first-order valence-electron chi connectivity index (χ1n) is 4.91. The molecule has 1 rings (SSSR count). The summed E-state index contributed by atoms with van der Waals surface area (Å²) in [7, 11) is 0. The van der Waals surface area contributed by atoms with E-state index in [-0.39, 0.29) is 12.1 Å².